The van der Waals surface area contributed by atoms with Crippen LogP contribution >= 0.6 is 24.0 Å². The van der Waals surface area contributed by atoms with Crippen LogP contribution in [0.1, 0.15) is 30.7 Å². The Morgan fingerprint density at radius 1 is 1.30 bits per heavy atom. The minimum absolute atomic E-state index is 0.0570. The monoisotopic (exact) mass is 440 g/mol. The summed E-state index contributed by atoms with van der Waals surface area (Å²) >= 11 is 6.55. The van der Waals surface area contributed by atoms with Gasteiger partial charge in [-0.3, -0.25) is 18.9 Å². The molecule has 0 atom stereocenters. The predicted molar refractivity (Wildman–Crippen MR) is 122 cm³/mol. The minimum atomic E-state index is -0.263. The summed E-state index contributed by atoms with van der Waals surface area (Å²) in [6, 6.07) is 7.26. The molecule has 154 valence electrons. The number of aryl methyl sites for hydroxylation is 1. The quantitative estimate of drug-likeness (QED) is 0.477. The average molecular weight is 441 g/mol. The summed E-state index contributed by atoms with van der Waals surface area (Å²) in [4.78, 5) is 32.8. The van der Waals surface area contributed by atoms with Gasteiger partial charge in [-0.2, -0.15) is 0 Å². The van der Waals surface area contributed by atoms with Crippen LogP contribution in [0.3, 0.4) is 0 Å². The SMILES string of the molecule is Cc1cccn2c(=O)c(/C=C3/SC(=S)N(C(C)C)C3=O)c(NCc3ccco3)nc12. The first kappa shape index (κ1) is 20.4. The number of nitrogens with zero attached hydrogens (tertiary/aromatic N) is 3. The van der Waals surface area contributed by atoms with Crippen LogP contribution in [0.15, 0.2) is 50.8 Å². The zero-order chi connectivity index (χ0) is 21.4. The lowest BCUT2D eigenvalue weighted by molar-refractivity contribution is -0.123. The lowest BCUT2D eigenvalue weighted by Crippen LogP contribution is -2.34. The van der Waals surface area contributed by atoms with Crippen LogP contribution in [-0.4, -0.2) is 30.6 Å². The molecule has 3 aromatic heterocycles. The van der Waals surface area contributed by atoms with E-state index in [9.17, 15) is 9.59 Å². The van der Waals surface area contributed by atoms with Crippen molar-refractivity contribution in [2.24, 2.45) is 0 Å². The molecule has 0 aliphatic carbocycles. The maximum Gasteiger partial charge on any atom is 0.267 e. The number of thiocarbonyl (C=S) groups is 1. The van der Waals surface area contributed by atoms with E-state index in [0.29, 0.717) is 38.6 Å². The molecule has 1 N–H and O–H groups in total. The number of carbonyl (C=O) groups excluding carboxylic acids is 1. The molecule has 0 radical (unpaired) electrons. The summed E-state index contributed by atoms with van der Waals surface area (Å²) in [5, 5.41) is 3.18. The van der Waals surface area contributed by atoms with Gasteiger partial charge in [0.05, 0.1) is 23.3 Å². The molecule has 0 saturated carbocycles. The second kappa shape index (κ2) is 8.08. The highest BCUT2D eigenvalue weighted by atomic mass is 32.2. The second-order valence-corrected chi connectivity index (χ2v) is 8.82. The first-order chi connectivity index (χ1) is 14.4. The average Bonchev–Trinajstić information content (AvgIpc) is 3.31. The standard InChI is InChI=1S/C21H20N4O3S2/c1-12(2)25-20(27)16(30-21(25)29)10-15-17(22-11-14-7-5-9-28-14)23-18-13(3)6-4-8-24(18)19(15)26/h4-10,12,22H,11H2,1-3H3/b16-10+. The van der Waals surface area contributed by atoms with Crippen LogP contribution in [0, 0.1) is 6.92 Å². The third kappa shape index (κ3) is 3.66. The Morgan fingerprint density at radius 3 is 2.77 bits per heavy atom. The van der Waals surface area contributed by atoms with Crippen molar-refractivity contribution in [3.8, 4) is 0 Å². The Kier molecular flexibility index (Phi) is 5.48. The van der Waals surface area contributed by atoms with Crippen LogP contribution < -0.4 is 10.9 Å². The van der Waals surface area contributed by atoms with Crippen LogP contribution in [0.4, 0.5) is 5.82 Å². The number of nitrogens with one attached hydrogen (secondary N) is 1. The van der Waals surface area contributed by atoms with E-state index in [0.717, 1.165) is 5.56 Å². The number of pyridine rings is 1. The topological polar surface area (TPSA) is 79.9 Å². The Bertz CT molecular complexity index is 1230. The Labute approximate surface area is 182 Å². The van der Waals surface area contributed by atoms with E-state index < -0.39 is 0 Å². The van der Waals surface area contributed by atoms with Gasteiger partial charge in [-0.15, -0.1) is 0 Å². The number of rotatable bonds is 5. The Morgan fingerprint density at radius 2 is 2.10 bits per heavy atom. The van der Waals surface area contributed by atoms with Crippen molar-refractivity contribution in [1.29, 1.82) is 0 Å². The summed E-state index contributed by atoms with van der Waals surface area (Å²) in [5.74, 6) is 0.894. The summed E-state index contributed by atoms with van der Waals surface area (Å²) in [6.45, 7) is 6.05. The number of anilines is 1. The fourth-order valence-corrected chi connectivity index (χ4v) is 4.72. The van der Waals surface area contributed by atoms with E-state index >= 15 is 0 Å². The highest BCUT2D eigenvalue weighted by Gasteiger charge is 2.34. The summed E-state index contributed by atoms with van der Waals surface area (Å²) in [7, 11) is 0. The largest absolute Gasteiger partial charge is 0.467 e. The van der Waals surface area contributed by atoms with Gasteiger partial charge in [0.25, 0.3) is 11.5 Å². The molecule has 0 spiro atoms. The normalized spacial score (nSPS) is 15.7. The molecular formula is C21H20N4O3S2. The molecule has 1 fully saturated rings. The molecule has 30 heavy (non-hydrogen) atoms. The maximum atomic E-state index is 13.3. The van der Waals surface area contributed by atoms with Crippen molar-refractivity contribution < 1.29 is 9.21 Å². The highest BCUT2D eigenvalue weighted by Crippen LogP contribution is 2.34. The smallest absolute Gasteiger partial charge is 0.267 e. The van der Waals surface area contributed by atoms with Crippen LogP contribution in [-0.2, 0) is 11.3 Å². The molecule has 3 aromatic rings. The van der Waals surface area contributed by atoms with Crippen LogP contribution in [0.5, 0.6) is 0 Å². The molecule has 4 rings (SSSR count). The third-order valence-electron chi connectivity index (χ3n) is 4.71. The van der Waals surface area contributed by atoms with Crippen molar-refractivity contribution in [2.45, 2.75) is 33.4 Å². The van der Waals surface area contributed by atoms with Crippen molar-refractivity contribution in [1.82, 2.24) is 14.3 Å². The molecule has 7 nitrogen and oxygen atoms in total. The van der Waals surface area contributed by atoms with E-state index in [1.54, 1.807) is 35.6 Å². The maximum absolute atomic E-state index is 13.3. The first-order valence-electron chi connectivity index (χ1n) is 9.42. The fourth-order valence-electron chi connectivity index (χ4n) is 3.22. The van der Waals surface area contributed by atoms with Crippen LogP contribution in [0.25, 0.3) is 11.7 Å². The number of hydrogen-bond acceptors (Lipinski definition) is 7. The van der Waals surface area contributed by atoms with Gasteiger partial charge >= 0.3 is 0 Å². The zero-order valence-electron chi connectivity index (χ0n) is 16.7. The third-order valence-corrected chi connectivity index (χ3v) is 6.04. The molecule has 1 aliphatic heterocycles. The van der Waals surface area contributed by atoms with Gasteiger partial charge in [0, 0.05) is 12.2 Å². The zero-order valence-corrected chi connectivity index (χ0v) is 18.3. The van der Waals surface area contributed by atoms with Gasteiger partial charge < -0.3 is 9.73 Å². The number of carbonyl (C=O) groups is 1. The molecule has 0 aromatic carbocycles. The molecule has 1 saturated heterocycles. The van der Waals surface area contributed by atoms with E-state index in [2.05, 4.69) is 10.3 Å². The second-order valence-electron chi connectivity index (χ2n) is 7.14. The molecule has 0 bridgehead atoms. The van der Waals surface area contributed by atoms with Gasteiger partial charge in [-0.25, -0.2) is 4.98 Å². The minimum Gasteiger partial charge on any atom is -0.467 e. The van der Waals surface area contributed by atoms with Gasteiger partial charge in [0.1, 0.15) is 21.5 Å². The van der Waals surface area contributed by atoms with E-state index in [1.807, 2.05) is 32.9 Å². The van der Waals surface area contributed by atoms with Gasteiger partial charge in [-0.1, -0.05) is 30.0 Å². The Hall–Kier alpha value is -2.91. The molecule has 0 unspecified atom stereocenters. The van der Waals surface area contributed by atoms with Crippen molar-refractivity contribution in [3.05, 3.63) is 68.9 Å². The van der Waals surface area contributed by atoms with Gasteiger partial charge in [0.15, 0.2) is 0 Å². The predicted octanol–water partition coefficient (Wildman–Crippen LogP) is 3.82. The lowest BCUT2D eigenvalue weighted by Gasteiger charge is -2.18. The highest BCUT2D eigenvalue weighted by molar-refractivity contribution is 8.26. The number of hydrogen-bond donors (Lipinski definition) is 1. The van der Waals surface area contributed by atoms with E-state index in [4.69, 9.17) is 16.6 Å². The lowest BCUT2D eigenvalue weighted by atomic mass is 10.2. The Balaban J connectivity index is 1.84. The van der Waals surface area contributed by atoms with Crippen molar-refractivity contribution in [3.63, 3.8) is 0 Å². The van der Waals surface area contributed by atoms with Gasteiger partial charge in [-0.05, 0) is 50.6 Å². The number of thioether (sulfide) groups is 1. The fraction of sp³-hybridized carbons (Fsp3) is 0.238. The van der Waals surface area contributed by atoms with Crippen molar-refractivity contribution in [2.75, 3.05) is 5.32 Å². The molecular weight excluding hydrogens is 420 g/mol. The summed E-state index contributed by atoms with van der Waals surface area (Å²) in [5.41, 5.74) is 1.46. The summed E-state index contributed by atoms with van der Waals surface area (Å²) < 4.78 is 7.34. The van der Waals surface area contributed by atoms with E-state index in [1.165, 1.54) is 16.2 Å². The van der Waals surface area contributed by atoms with Gasteiger partial charge in [0.2, 0.25) is 0 Å². The summed E-state index contributed by atoms with van der Waals surface area (Å²) in [6.07, 6.45) is 4.84. The number of amides is 1. The van der Waals surface area contributed by atoms with Crippen molar-refractivity contribution >= 4 is 51.7 Å². The molecule has 1 amide bonds. The first-order valence-corrected chi connectivity index (χ1v) is 10.6. The molecule has 4 heterocycles. The molecule has 9 heteroatoms. The van der Waals surface area contributed by atoms with E-state index in [-0.39, 0.29) is 17.5 Å². The number of furan rings is 1. The number of aromatic nitrogens is 2. The number of fused-ring (bicyclic) bond motifs is 1. The van der Waals surface area contributed by atoms with Crippen LogP contribution in [0.2, 0.25) is 0 Å². The molecule has 1 aliphatic rings.